The van der Waals surface area contributed by atoms with E-state index in [9.17, 15) is 43.5 Å². The molecular weight excluding hydrogens is 768 g/mol. The molecule has 1 aliphatic heterocycles. The van der Waals surface area contributed by atoms with E-state index in [1.54, 1.807) is 18.3 Å². The molecule has 3 heterocycles. The fraction of sp³-hybridized carbons (Fsp3) is 0.474. The molecule has 0 spiro atoms. The predicted octanol–water partition coefficient (Wildman–Crippen LogP) is -2.46. The van der Waals surface area contributed by atoms with Gasteiger partial charge in [-0.05, 0) is 30.7 Å². The maximum absolute atomic E-state index is 14.1. The number of amides is 7. The van der Waals surface area contributed by atoms with Gasteiger partial charge in [-0.25, -0.2) is 14.8 Å². The minimum Gasteiger partial charge on any atom is -0.480 e. The highest BCUT2D eigenvalue weighted by Crippen LogP contribution is 2.21. The highest BCUT2D eigenvalue weighted by atomic mass is 16.4. The third-order valence-corrected chi connectivity index (χ3v) is 9.48. The van der Waals surface area contributed by atoms with Crippen LogP contribution in [0.4, 0.5) is 0 Å². The number of hydrogen-bond acceptors (Lipinski definition) is 11. The number of aromatic amines is 2. The molecule has 21 nitrogen and oxygen atoms in total. The van der Waals surface area contributed by atoms with E-state index in [-0.39, 0.29) is 44.6 Å². The Labute approximate surface area is 339 Å². The number of imidazole rings is 2. The van der Waals surface area contributed by atoms with Gasteiger partial charge >= 0.3 is 5.97 Å². The molecule has 1 aliphatic rings. The lowest BCUT2D eigenvalue weighted by Gasteiger charge is -2.30. The number of carbonyl (C=O) groups excluding carboxylic acids is 7. The summed E-state index contributed by atoms with van der Waals surface area (Å²) in [6, 6.07) is 1.86. The minimum atomic E-state index is -1.57. The van der Waals surface area contributed by atoms with Crippen molar-refractivity contribution < 1.29 is 43.5 Å². The second-order valence-electron chi connectivity index (χ2n) is 14.7. The Morgan fingerprint density at radius 1 is 0.814 bits per heavy atom. The lowest BCUT2D eigenvalue weighted by Crippen LogP contribution is -2.58. The van der Waals surface area contributed by atoms with Gasteiger partial charge in [-0.15, -0.1) is 0 Å². The van der Waals surface area contributed by atoms with Crippen LogP contribution in [0.15, 0.2) is 55.4 Å². The lowest BCUT2D eigenvalue weighted by molar-refractivity contribution is -0.142. The molecule has 21 heteroatoms. The van der Waals surface area contributed by atoms with Gasteiger partial charge in [0.15, 0.2) is 0 Å². The lowest BCUT2D eigenvalue weighted by atomic mass is 10.0. The van der Waals surface area contributed by atoms with Gasteiger partial charge in [0.1, 0.15) is 30.2 Å². The monoisotopic (exact) mass is 820 g/mol. The zero-order valence-electron chi connectivity index (χ0n) is 32.8. The van der Waals surface area contributed by atoms with E-state index in [4.69, 9.17) is 11.5 Å². The summed E-state index contributed by atoms with van der Waals surface area (Å²) in [7, 11) is 0. The summed E-state index contributed by atoms with van der Waals surface area (Å²) in [5, 5.41) is 22.1. The smallest absolute Gasteiger partial charge is 0.326 e. The molecule has 4 rings (SSSR count). The van der Waals surface area contributed by atoms with Gasteiger partial charge in [-0.3, -0.25) is 33.6 Å². The number of H-pyrrole nitrogens is 2. The first kappa shape index (κ1) is 45.1. The van der Waals surface area contributed by atoms with E-state index < -0.39 is 96.5 Å². The maximum atomic E-state index is 14.1. The van der Waals surface area contributed by atoms with E-state index in [1.165, 1.54) is 23.8 Å². The quantitative estimate of drug-likeness (QED) is 0.0505. The van der Waals surface area contributed by atoms with Crippen molar-refractivity contribution in [3.63, 3.8) is 0 Å². The molecule has 0 saturated carbocycles. The van der Waals surface area contributed by atoms with Gasteiger partial charge in [-0.1, -0.05) is 44.2 Å². The number of primary amides is 1. The summed E-state index contributed by atoms with van der Waals surface area (Å²) >= 11 is 0. The normalized spacial score (nSPS) is 16.2. The number of likely N-dealkylation sites (tertiary alicyclic amines) is 1. The molecule has 0 radical (unpaired) electrons. The average Bonchev–Trinajstić information content (AvgIpc) is 4.00. The molecule has 59 heavy (non-hydrogen) atoms. The Bertz CT molecular complexity index is 1910. The Morgan fingerprint density at radius 3 is 2.05 bits per heavy atom. The first-order chi connectivity index (χ1) is 28.1. The Balaban J connectivity index is 1.39. The van der Waals surface area contributed by atoms with Crippen molar-refractivity contribution in [3.05, 3.63) is 72.3 Å². The largest absolute Gasteiger partial charge is 0.480 e. The summed E-state index contributed by atoms with van der Waals surface area (Å²) < 4.78 is 0. The maximum Gasteiger partial charge on any atom is 0.326 e. The molecule has 1 aromatic carbocycles. The van der Waals surface area contributed by atoms with Crippen LogP contribution in [0, 0.1) is 5.92 Å². The summed E-state index contributed by atoms with van der Waals surface area (Å²) in [6.07, 6.45) is 6.07. The van der Waals surface area contributed by atoms with E-state index in [1.807, 2.05) is 32.0 Å². The highest BCUT2D eigenvalue weighted by Gasteiger charge is 2.39. The van der Waals surface area contributed by atoms with Crippen molar-refractivity contribution in [1.82, 2.24) is 51.4 Å². The van der Waals surface area contributed by atoms with Crippen LogP contribution >= 0.6 is 0 Å². The summed E-state index contributed by atoms with van der Waals surface area (Å²) in [5.74, 6) is -6.76. The number of aromatic nitrogens is 4. The molecule has 3 aromatic rings. The van der Waals surface area contributed by atoms with Crippen molar-refractivity contribution >= 4 is 47.3 Å². The molecule has 0 unspecified atom stereocenters. The molecule has 0 aliphatic carbocycles. The van der Waals surface area contributed by atoms with Crippen molar-refractivity contribution in [2.24, 2.45) is 17.4 Å². The third kappa shape index (κ3) is 14.1. The highest BCUT2D eigenvalue weighted by molar-refractivity contribution is 5.97. The number of nitrogens with one attached hydrogen (secondary N) is 7. The molecule has 2 aromatic heterocycles. The van der Waals surface area contributed by atoms with Crippen LogP contribution in [0.1, 0.15) is 56.5 Å². The molecule has 12 N–H and O–H groups in total. The topological polar surface area (TPSA) is 330 Å². The third-order valence-electron chi connectivity index (χ3n) is 9.48. The van der Waals surface area contributed by atoms with Gasteiger partial charge in [0.25, 0.3) is 0 Å². The van der Waals surface area contributed by atoms with Crippen LogP contribution in [0.25, 0.3) is 0 Å². The van der Waals surface area contributed by atoms with E-state index in [0.29, 0.717) is 17.8 Å². The number of rotatable bonds is 22. The molecule has 6 atom stereocenters. The number of carboxylic acids is 1. The van der Waals surface area contributed by atoms with Gasteiger partial charge < -0.3 is 58.0 Å². The summed E-state index contributed by atoms with van der Waals surface area (Å²) in [5.41, 5.74) is 13.3. The minimum absolute atomic E-state index is 0.106. The molecule has 318 valence electrons. The number of nitrogens with two attached hydrogens (primary N) is 2. The first-order valence-electron chi connectivity index (χ1n) is 19.1. The van der Waals surface area contributed by atoms with E-state index in [2.05, 4.69) is 46.5 Å². The molecule has 0 bridgehead atoms. The standard InChI is InChI=1S/C38H52N12O9/c1-21(2)11-26(34(54)43-18-32(52)46-27(15-31(40)51)35(55)49-29(38(58)59)14-24-17-42-20-45-24)47-36(56)30-9-6-10-50(30)37(57)28(12-22-7-4-3-5-8-22)48-33(53)25(39)13-23-16-41-19-44-23/h3-5,7-8,16-17,19-21,25-30H,6,9-15,18,39H2,1-2H3,(H2,40,51)(H,41,44)(H,42,45)(H,43,54)(H,46,52)(H,47,56)(H,48,53)(H,49,55)(H,58,59)/t25-,26-,27-,28-,29-,30-/m0/s1. The second kappa shape index (κ2) is 21.8. The van der Waals surface area contributed by atoms with Gasteiger partial charge in [0, 0.05) is 49.6 Å². The molecular formula is C38H52N12O9. The predicted molar refractivity (Wildman–Crippen MR) is 209 cm³/mol. The summed E-state index contributed by atoms with van der Waals surface area (Å²) in [6.45, 7) is 3.18. The number of aliphatic carboxylic acids is 1. The van der Waals surface area contributed by atoms with Gasteiger partial charge in [0.05, 0.1) is 31.7 Å². The van der Waals surface area contributed by atoms with E-state index in [0.717, 1.165) is 5.56 Å². The van der Waals surface area contributed by atoms with Crippen LogP contribution in [0.5, 0.6) is 0 Å². The number of benzene rings is 1. The Hall–Kier alpha value is -6.64. The van der Waals surface area contributed by atoms with Crippen molar-refractivity contribution in [2.45, 2.75) is 95.0 Å². The molecule has 1 fully saturated rings. The number of carbonyl (C=O) groups is 8. The second-order valence-corrected chi connectivity index (χ2v) is 14.7. The average molecular weight is 821 g/mol. The fourth-order valence-corrected chi connectivity index (χ4v) is 6.56. The van der Waals surface area contributed by atoms with Crippen LogP contribution in [0.2, 0.25) is 0 Å². The number of nitrogens with zero attached hydrogens (tertiary/aromatic N) is 3. The molecule has 7 amide bonds. The zero-order valence-corrected chi connectivity index (χ0v) is 32.8. The van der Waals surface area contributed by atoms with E-state index >= 15 is 0 Å². The molecule has 1 saturated heterocycles. The first-order valence-corrected chi connectivity index (χ1v) is 19.1. The Kier molecular flexibility index (Phi) is 16.6. The van der Waals surface area contributed by atoms with Crippen LogP contribution < -0.4 is 38.1 Å². The van der Waals surface area contributed by atoms with Crippen LogP contribution in [-0.2, 0) is 57.6 Å². The van der Waals surface area contributed by atoms with Crippen molar-refractivity contribution in [2.75, 3.05) is 13.1 Å². The Morgan fingerprint density at radius 2 is 1.46 bits per heavy atom. The SMILES string of the molecule is CC(C)C[C@H](NC(=O)[C@@H]1CCCN1C(=O)[C@H](Cc1ccccc1)NC(=O)[C@@H](N)Cc1cnc[nH]1)C(=O)NCC(=O)N[C@@H](CC(N)=O)C(=O)N[C@@H](Cc1cnc[nH]1)C(=O)O. The zero-order chi connectivity index (χ0) is 43.1. The van der Waals surface area contributed by atoms with Gasteiger partial charge in [0.2, 0.25) is 41.4 Å². The fourth-order valence-electron chi connectivity index (χ4n) is 6.56. The van der Waals surface area contributed by atoms with Crippen molar-refractivity contribution in [1.29, 1.82) is 0 Å². The van der Waals surface area contributed by atoms with Crippen molar-refractivity contribution in [3.8, 4) is 0 Å². The van der Waals surface area contributed by atoms with Crippen LogP contribution in [0.3, 0.4) is 0 Å². The summed E-state index contributed by atoms with van der Waals surface area (Å²) in [4.78, 5) is 119. The number of carboxylic acid groups (broad SMARTS) is 1. The van der Waals surface area contributed by atoms with Crippen LogP contribution in [-0.4, -0.2) is 127 Å². The number of hydrogen-bond donors (Lipinski definition) is 10. The van der Waals surface area contributed by atoms with Gasteiger partial charge in [-0.2, -0.15) is 0 Å².